The second-order valence-electron chi connectivity index (χ2n) is 4.12. The van der Waals surface area contributed by atoms with Crippen molar-refractivity contribution < 1.29 is 4.74 Å². The number of methoxy groups -OCH3 is 1. The number of halogens is 1. The summed E-state index contributed by atoms with van der Waals surface area (Å²) in [5.41, 5.74) is 6.82. The molecule has 19 heavy (non-hydrogen) atoms. The lowest BCUT2D eigenvalue weighted by molar-refractivity contribution is 0.414. The first-order valence-electron chi connectivity index (χ1n) is 5.72. The second kappa shape index (κ2) is 5.88. The van der Waals surface area contributed by atoms with E-state index in [-0.39, 0.29) is 0 Å². The van der Waals surface area contributed by atoms with Crippen molar-refractivity contribution in [2.45, 2.75) is 6.54 Å². The number of benzene rings is 1. The number of rotatable bonds is 4. The number of nitrogens with two attached hydrogens (primary N) is 1. The first kappa shape index (κ1) is 13.6. The minimum atomic E-state index is 0.439. The molecule has 0 saturated carbocycles. The molecule has 0 fully saturated rings. The van der Waals surface area contributed by atoms with Gasteiger partial charge in [-0.25, -0.2) is 4.98 Å². The predicted octanol–water partition coefficient (Wildman–Crippen LogP) is 2.47. The van der Waals surface area contributed by atoms with E-state index in [1.165, 1.54) is 0 Å². The molecule has 0 atom stereocenters. The fraction of sp³-hybridized carbons (Fsp3) is 0.231. The van der Waals surface area contributed by atoms with Crippen LogP contribution >= 0.6 is 15.9 Å². The maximum atomic E-state index is 5.71. The highest BCUT2D eigenvalue weighted by atomic mass is 79.9. The average Bonchev–Trinajstić information content (AvgIpc) is 2.37. The van der Waals surface area contributed by atoms with E-state index in [1.807, 2.05) is 36.2 Å². The standard InChI is InChI=1S/C13H15BrN4O/c1-18(13-16-11(14)7-12(15)17-13)8-9-4-3-5-10(6-9)19-2/h3-7H,8H2,1-2H3,(H2,15,16,17). The normalized spacial score (nSPS) is 10.3. The molecular weight excluding hydrogens is 308 g/mol. The van der Waals surface area contributed by atoms with Crippen LogP contribution in [0.15, 0.2) is 34.9 Å². The van der Waals surface area contributed by atoms with Crippen LogP contribution in [0.5, 0.6) is 5.75 Å². The van der Waals surface area contributed by atoms with Crippen LogP contribution in [0.25, 0.3) is 0 Å². The number of hydrogen-bond donors (Lipinski definition) is 1. The zero-order chi connectivity index (χ0) is 13.8. The van der Waals surface area contributed by atoms with Crippen molar-refractivity contribution in [2.24, 2.45) is 0 Å². The van der Waals surface area contributed by atoms with Gasteiger partial charge in [0, 0.05) is 19.7 Å². The number of nitrogens with zero attached hydrogens (tertiary/aromatic N) is 3. The molecule has 2 rings (SSSR count). The van der Waals surface area contributed by atoms with Crippen LogP contribution in [0.1, 0.15) is 5.56 Å². The molecule has 0 aliphatic heterocycles. The third-order valence-corrected chi connectivity index (χ3v) is 3.00. The lowest BCUT2D eigenvalue weighted by Crippen LogP contribution is -2.19. The predicted molar refractivity (Wildman–Crippen MR) is 79.2 cm³/mol. The fourth-order valence-electron chi connectivity index (χ4n) is 1.71. The molecule has 0 aliphatic carbocycles. The van der Waals surface area contributed by atoms with Crippen LogP contribution in [0.2, 0.25) is 0 Å². The van der Waals surface area contributed by atoms with E-state index < -0.39 is 0 Å². The highest BCUT2D eigenvalue weighted by Gasteiger charge is 2.08. The molecule has 2 N–H and O–H groups in total. The van der Waals surface area contributed by atoms with Crippen LogP contribution in [0.3, 0.4) is 0 Å². The van der Waals surface area contributed by atoms with Gasteiger partial charge in [-0.05, 0) is 33.6 Å². The average molecular weight is 323 g/mol. The Hall–Kier alpha value is -1.82. The molecule has 100 valence electrons. The van der Waals surface area contributed by atoms with E-state index in [2.05, 4.69) is 25.9 Å². The van der Waals surface area contributed by atoms with Gasteiger partial charge in [0.05, 0.1) is 7.11 Å². The first-order valence-corrected chi connectivity index (χ1v) is 6.52. The third kappa shape index (κ3) is 3.57. The Morgan fingerprint density at radius 3 is 2.79 bits per heavy atom. The molecule has 0 spiro atoms. The molecule has 1 aromatic carbocycles. The smallest absolute Gasteiger partial charge is 0.228 e. The Labute approximate surface area is 120 Å². The van der Waals surface area contributed by atoms with Crippen molar-refractivity contribution in [3.8, 4) is 5.75 Å². The van der Waals surface area contributed by atoms with Gasteiger partial charge in [0.15, 0.2) is 0 Å². The van der Waals surface area contributed by atoms with Gasteiger partial charge in [0.2, 0.25) is 5.95 Å². The lowest BCUT2D eigenvalue weighted by atomic mass is 10.2. The number of aromatic nitrogens is 2. The van der Waals surface area contributed by atoms with Crippen molar-refractivity contribution in [2.75, 3.05) is 24.8 Å². The first-order chi connectivity index (χ1) is 9.08. The summed E-state index contributed by atoms with van der Waals surface area (Å²) in [6, 6.07) is 9.55. The molecule has 0 aliphatic rings. The maximum absolute atomic E-state index is 5.71. The summed E-state index contributed by atoms with van der Waals surface area (Å²) in [4.78, 5) is 10.4. The number of hydrogen-bond acceptors (Lipinski definition) is 5. The molecular formula is C13H15BrN4O. The fourth-order valence-corrected chi connectivity index (χ4v) is 2.10. The van der Waals surface area contributed by atoms with E-state index in [4.69, 9.17) is 10.5 Å². The SMILES string of the molecule is COc1cccc(CN(C)c2nc(N)cc(Br)n2)c1. The quantitative estimate of drug-likeness (QED) is 0.876. The van der Waals surface area contributed by atoms with Crippen LogP contribution in [0, 0.1) is 0 Å². The minimum Gasteiger partial charge on any atom is -0.497 e. The van der Waals surface area contributed by atoms with Gasteiger partial charge in [0.1, 0.15) is 16.2 Å². The summed E-state index contributed by atoms with van der Waals surface area (Å²) < 4.78 is 5.88. The maximum Gasteiger partial charge on any atom is 0.228 e. The van der Waals surface area contributed by atoms with Crippen LogP contribution in [-0.2, 0) is 6.54 Å². The van der Waals surface area contributed by atoms with Gasteiger partial charge >= 0.3 is 0 Å². The lowest BCUT2D eigenvalue weighted by Gasteiger charge is -2.17. The Morgan fingerprint density at radius 2 is 2.11 bits per heavy atom. The van der Waals surface area contributed by atoms with Gasteiger partial charge in [-0.15, -0.1) is 0 Å². The summed E-state index contributed by atoms with van der Waals surface area (Å²) in [6.07, 6.45) is 0. The largest absolute Gasteiger partial charge is 0.497 e. The molecule has 0 amide bonds. The number of ether oxygens (including phenoxy) is 1. The van der Waals surface area contributed by atoms with E-state index >= 15 is 0 Å². The van der Waals surface area contributed by atoms with Gasteiger partial charge < -0.3 is 15.4 Å². The van der Waals surface area contributed by atoms with E-state index in [0.717, 1.165) is 11.3 Å². The highest BCUT2D eigenvalue weighted by Crippen LogP contribution is 2.18. The van der Waals surface area contributed by atoms with Gasteiger partial charge in [-0.2, -0.15) is 4.98 Å². The Balaban J connectivity index is 2.17. The summed E-state index contributed by atoms with van der Waals surface area (Å²) in [5, 5.41) is 0. The molecule has 0 unspecified atom stereocenters. The van der Waals surface area contributed by atoms with Crippen molar-refractivity contribution in [1.29, 1.82) is 0 Å². The zero-order valence-electron chi connectivity index (χ0n) is 10.8. The summed E-state index contributed by atoms with van der Waals surface area (Å²) in [6.45, 7) is 0.674. The summed E-state index contributed by atoms with van der Waals surface area (Å²) in [7, 11) is 3.57. The number of anilines is 2. The molecule has 0 saturated heterocycles. The topological polar surface area (TPSA) is 64.3 Å². The molecule has 1 heterocycles. The van der Waals surface area contributed by atoms with Crippen LogP contribution in [0.4, 0.5) is 11.8 Å². The highest BCUT2D eigenvalue weighted by molar-refractivity contribution is 9.10. The Bertz CT molecular complexity index is 556. The molecule has 2 aromatic rings. The molecule has 0 bridgehead atoms. The van der Waals surface area contributed by atoms with Gasteiger partial charge in [-0.1, -0.05) is 12.1 Å². The minimum absolute atomic E-state index is 0.439. The van der Waals surface area contributed by atoms with Crippen LogP contribution < -0.4 is 15.4 Å². The van der Waals surface area contributed by atoms with Gasteiger partial charge in [0.25, 0.3) is 0 Å². The van der Waals surface area contributed by atoms with E-state index in [1.54, 1.807) is 13.2 Å². The van der Waals surface area contributed by atoms with E-state index in [9.17, 15) is 0 Å². The number of nitrogen functional groups attached to an aromatic ring is 1. The van der Waals surface area contributed by atoms with Crippen molar-refractivity contribution in [3.05, 3.63) is 40.5 Å². The molecule has 1 aromatic heterocycles. The van der Waals surface area contributed by atoms with Crippen molar-refractivity contribution in [3.63, 3.8) is 0 Å². The second-order valence-corrected chi connectivity index (χ2v) is 4.94. The Morgan fingerprint density at radius 1 is 1.32 bits per heavy atom. The zero-order valence-corrected chi connectivity index (χ0v) is 12.4. The van der Waals surface area contributed by atoms with E-state index in [0.29, 0.717) is 22.9 Å². The van der Waals surface area contributed by atoms with Gasteiger partial charge in [-0.3, -0.25) is 0 Å². The molecule has 5 nitrogen and oxygen atoms in total. The third-order valence-electron chi connectivity index (χ3n) is 2.60. The Kier molecular flexibility index (Phi) is 4.21. The molecule has 0 radical (unpaired) electrons. The van der Waals surface area contributed by atoms with Crippen LogP contribution in [-0.4, -0.2) is 24.1 Å². The summed E-state index contributed by atoms with van der Waals surface area (Å²) in [5.74, 6) is 1.85. The van der Waals surface area contributed by atoms with Crippen molar-refractivity contribution in [1.82, 2.24) is 9.97 Å². The summed E-state index contributed by atoms with van der Waals surface area (Å²) >= 11 is 3.31. The molecule has 6 heteroatoms. The van der Waals surface area contributed by atoms with Crippen molar-refractivity contribution >= 4 is 27.7 Å². The monoisotopic (exact) mass is 322 g/mol.